The summed E-state index contributed by atoms with van der Waals surface area (Å²) in [7, 11) is 1.57. The van der Waals surface area contributed by atoms with Crippen LogP contribution in [-0.2, 0) is 46.6 Å². The summed E-state index contributed by atoms with van der Waals surface area (Å²) in [6.07, 6.45) is 0.194. The molecule has 11 nitrogen and oxygen atoms in total. The van der Waals surface area contributed by atoms with Crippen molar-refractivity contribution in [1.82, 2.24) is 21.3 Å². The number of alkyl carbamates (subject to hydrolysis) is 1. The largest absolute Gasteiger partial charge is 0.497 e. The summed E-state index contributed by atoms with van der Waals surface area (Å²) in [4.78, 5) is 41.9. The van der Waals surface area contributed by atoms with Crippen LogP contribution in [0.2, 0.25) is 0 Å². The molecular formula is C46H56N4O7. The summed E-state index contributed by atoms with van der Waals surface area (Å²) >= 11 is 0. The summed E-state index contributed by atoms with van der Waals surface area (Å²) < 4.78 is 11.1. The van der Waals surface area contributed by atoms with Crippen LogP contribution in [0.25, 0.3) is 0 Å². The number of aryl methyl sites for hydroxylation is 1. The maximum atomic E-state index is 14.3. The number of aliphatic hydroxyl groups excluding tert-OH is 2. The van der Waals surface area contributed by atoms with Gasteiger partial charge in [-0.25, -0.2) is 4.79 Å². The number of rotatable bonds is 15. The molecule has 2 aliphatic rings. The fraction of sp³-hybridized carbons (Fsp3) is 0.413. The summed E-state index contributed by atoms with van der Waals surface area (Å²) in [5.41, 5.74) is 5.23. The highest BCUT2D eigenvalue weighted by Crippen LogP contribution is 2.32. The Labute approximate surface area is 335 Å². The maximum Gasteiger partial charge on any atom is 0.407 e. The lowest BCUT2D eigenvalue weighted by atomic mass is 9.84. The van der Waals surface area contributed by atoms with Gasteiger partial charge < -0.3 is 35.6 Å². The van der Waals surface area contributed by atoms with Crippen molar-refractivity contribution in [3.63, 3.8) is 0 Å². The van der Waals surface area contributed by atoms with Crippen molar-refractivity contribution in [2.24, 2.45) is 11.3 Å². The molecule has 0 spiro atoms. The van der Waals surface area contributed by atoms with Crippen molar-refractivity contribution in [2.75, 3.05) is 13.7 Å². The van der Waals surface area contributed by atoms with Gasteiger partial charge in [0.15, 0.2) is 0 Å². The average molecular weight is 777 g/mol. The molecule has 0 aromatic heterocycles. The van der Waals surface area contributed by atoms with Gasteiger partial charge in [0.2, 0.25) is 11.8 Å². The zero-order chi connectivity index (χ0) is 40.5. The van der Waals surface area contributed by atoms with Crippen LogP contribution >= 0.6 is 0 Å². The summed E-state index contributed by atoms with van der Waals surface area (Å²) in [6, 6.07) is 28.7. The predicted octanol–water partition coefficient (Wildman–Crippen LogP) is 4.96. The number of nitrogens with one attached hydrogen (secondary N) is 4. The topological polar surface area (TPSA) is 158 Å². The van der Waals surface area contributed by atoms with E-state index in [0.29, 0.717) is 12.2 Å². The highest BCUT2D eigenvalue weighted by Gasteiger charge is 2.40. The van der Waals surface area contributed by atoms with E-state index < -0.39 is 59.7 Å². The fourth-order valence-electron chi connectivity index (χ4n) is 7.94. The molecule has 0 saturated carbocycles. The smallest absolute Gasteiger partial charge is 0.407 e. The molecule has 6 N–H and O–H groups in total. The van der Waals surface area contributed by atoms with Crippen molar-refractivity contribution in [2.45, 2.75) is 95.8 Å². The van der Waals surface area contributed by atoms with E-state index in [0.717, 1.165) is 41.5 Å². The minimum Gasteiger partial charge on any atom is -0.497 e. The third-order valence-corrected chi connectivity index (χ3v) is 11.1. The average Bonchev–Trinajstić information content (AvgIpc) is 3.52. The monoisotopic (exact) mass is 776 g/mol. The van der Waals surface area contributed by atoms with E-state index in [9.17, 15) is 24.6 Å². The lowest BCUT2D eigenvalue weighted by molar-refractivity contribution is -0.131. The first-order valence-electron chi connectivity index (χ1n) is 19.8. The van der Waals surface area contributed by atoms with Gasteiger partial charge in [0.05, 0.1) is 38.0 Å². The third kappa shape index (κ3) is 10.8. The van der Waals surface area contributed by atoms with Gasteiger partial charge in [0, 0.05) is 13.0 Å². The number of hydrogen-bond acceptors (Lipinski definition) is 8. The van der Waals surface area contributed by atoms with Crippen molar-refractivity contribution >= 4 is 17.9 Å². The van der Waals surface area contributed by atoms with Crippen LogP contribution in [0.15, 0.2) is 103 Å². The highest BCUT2D eigenvalue weighted by atomic mass is 16.5. The van der Waals surface area contributed by atoms with Gasteiger partial charge in [-0.2, -0.15) is 0 Å². The molecule has 0 saturated heterocycles. The van der Waals surface area contributed by atoms with Gasteiger partial charge in [-0.1, -0.05) is 112 Å². The normalized spacial score (nSPS) is 19.5. The summed E-state index contributed by atoms with van der Waals surface area (Å²) in [5.74, 6) is -0.264. The number of carbonyl (C=O) groups excluding carboxylic acids is 3. The van der Waals surface area contributed by atoms with E-state index >= 15 is 0 Å². The molecule has 7 unspecified atom stereocenters. The molecule has 0 heterocycles. The Bertz CT molecular complexity index is 1980. The van der Waals surface area contributed by atoms with Crippen molar-refractivity contribution < 1.29 is 34.1 Å². The van der Waals surface area contributed by atoms with E-state index in [4.69, 9.17) is 9.47 Å². The Balaban J connectivity index is 1.21. The van der Waals surface area contributed by atoms with Crippen LogP contribution < -0.4 is 26.0 Å². The predicted molar refractivity (Wildman–Crippen MR) is 218 cm³/mol. The van der Waals surface area contributed by atoms with Crippen LogP contribution in [0, 0.1) is 11.3 Å². The Kier molecular flexibility index (Phi) is 13.7. The third-order valence-electron chi connectivity index (χ3n) is 11.1. The van der Waals surface area contributed by atoms with Gasteiger partial charge in [0.1, 0.15) is 17.8 Å². The molecule has 2 aliphatic carbocycles. The van der Waals surface area contributed by atoms with Crippen LogP contribution in [0.4, 0.5) is 4.79 Å². The van der Waals surface area contributed by atoms with Crippen LogP contribution in [0.5, 0.6) is 5.75 Å². The minimum absolute atomic E-state index is 0.171. The molecule has 3 amide bonds. The Hall–Kier alpha value is -5.23. The zero-order valence-electron chi connectivity index (χ0n) is 33.2. The molecular weight excluding hydrogens is 721 g/mol. The van der Waals surface area contributed by atoms with E-state index in [1.807, 2.05) is 112 Å². The Morgan fingerprint density at radius 1 is 0.807 bits per heavy atom. The molecule has 7 atom stereocenters. The number of methoxy groups -OCH3 is 1. The molecule has 302 valence electrons. The first kappa shape index (κ1) is 41.4. The first-order chi connectivity index (χ1) is 27.4. The number of ether oxygens (including phenoxy) is 2. The molecule has 4 aromatic carbocycles. The second-order valence-corrected chi connectivity index (χ2v) is 16.4. The van der Waals surface area contributed by atoms with Crippen LogP contribution in [0.1, 0.15) is 66.6 Å². The number of benzene rings is 4. The minimum atomic E-state index is -1.46. The zero-order valence-corrected chi connectivity index (χ0v) is 33.2. The number of aliphatic hydroxyl groups is 2. The second-order valence-electron chi connectivity index (χ2n) is 16.4. The van der Waals surface area contributed by atoms with Crippen molar-refractivity contribution in [3.05, 3.63) is 137 Å². The molecule has 0 aliphatic heterocycles. The standard InChI is InChI=1S/C46H56N4O7/c1-46(2,3)42(50-45(55)57-28-31-21-22-32-16-8-9-17-33(32)23-31)44(54)48-37(25-29-13-6-5-7-14-29)41(52)40(47-27-30-15-12-19-35(24-30)56-4)43(53)49-39-36-20-11-10-18-34(36)26-38(39)51/h5-20,24,31,37-42,47,51-52H,21-23,25-28H2,1-4H3,(H,48,54)(H,49,53)(H,50,55). The molecule has 57 heavy (non-hydrogen) atoms. The quantitative estimate of drug-likeness (QED) is 0.0990. The lowest BCUT2D eigenvalue weighted by Crippen LogP contribution is -2.62. The van der Waals surface area contributed by atoms with E-state index in [1.165, 1.54) is 11.1 Å². The molecule has 0 bridgehead atoms. The van der Waals surface area contributed by atoms with E-state index in [2.05, 4.69) is 33.4 Å². The fourth-order valence-corrected chi connectivity index (χ4v) is 7.94. The molecule has 6 rings (SSSR count). The van der Waals surface area contributed by atoms with Gasteiger partial charge in [-0.15, -0.1) is 0 Å². The number of hydrogen-bond donors (Lipinski definition) is 6. The maximum absolute atomic E-state index is 14.3. The van der Waals surface area contributed by atoms with E-state index in [-0.39, 0.29) is 25.5 Å². The lowest BCUT2D eigenvalue weighted by Gasteiger charge is -2.35. The molecule has 11 heteroatoms. The second kappa shape index (κ2) is 18.8. The molecule has 0 radical (unpaired) electrons. The van der Waals surface area contributed by atoms with Gasteiger partial charge in [-0.05, 0) is 82.5 Å². The van der Waals surface area contributed by atoms with Crippen LogP contribution in [0.3, 0.4) is 0 Å². The number of amides is 3. The number of fused-ring (bicyclic) bond motifs is 2. The van der Waals surface area contributed by atoms with Crippen molar-refractivity contribution in [1.29, 1.82) is 0 Å². The van der Waals surface area contributed by atoms with Gasteiger partial charge in [0.25, 0.3) is 0 Å². The summed E-state index contributed by atoms with van der Waals surface area (Å²) in [6.45, 7) is 5.94. The summed E-state index contributed by atoms with van der Waals surface area (Å²) in [5, 5.41) is 35.4. The highest BCUT2D eigenvalue weighted by molar-refractivity contribution is 5.87. The SMILES string of the molecule is COc1cccc(CNC(C(=O)NC2c3ccccc3CC2O)C(O)C(Cc2ccccc2)NC(=O)C(NC(=O)OCC2CCc3ccccc3C2)C(C)(C)C)c1. The Morgan fingerprint density at radius 3 is 2.23 bits per heavy atom. The van der Waals surface area contributed by atoms with Gasteiger partial charge >= 0.3 is 6.09 Å². The molecule has 0 fully saturated rings. The molecule has 4 aromatic rings. The van der Waals surface area contributed by atoms with Crippen LogP contribution in [-0.4, -0.2) is 72.2 Å². The number of carbonyl (C=O) groups is 3. The van der Waals surface area contributed by atoms with E-state index in [1.54, 1.807) is 7.11 Å². The van der Waals surface area contributed by atoms with Crippen molar-refractivity contribution in [3.8, 4) is 5.75 Å². The Morgan fingerprint density at radius 2 is 1.49 bits per heavy atom. The first-order valence-corrected chi connectivity index (χ1v) is 19.8. The van der Waals surface area contributed by atoms with Gasteiger partial charge in [-0.3, -0.25) is 14.9 Å².